The monoisotopic (exact) mass is 297 g/mol. The maximum atomic E-state index is 5.39. The fourth-order valence-corrected chi connectivity index (χ4v) is 3.02. The van der Waals surface area contributed by atoms with E-state index in [0.717, 1.165) is 23.5 Å². The maximum Gasteiger partial charge on any atom is 0.123 e. The van der Waals surface area contributed by atoms with Crippen molar-refractivity contribution >= 4 is 15.9 Å². The van der Waals surface area contributed by atoms with Crippen LogP contribution in [0.3, 0.4) is 0 Å². The normalized spacial score (nSPS) is 18.2. The molecule has 0 spiro atoms. The minimum atomic E-state index is 0.865. The fourth-order valence-electron chi connectivity index (χ4n) is 2.37. The fraction of sp³-hybridized carbons (Fsp3) is 0.571. The molecule has 0 unspecified atom stereocenters. The quantitative estimate of drug-likeness (QED) is 0.791. The zero-order valence-electron chi connectivity index (χ0n) is 10.4. The van der Waals surface area contributed by atoms with Crippen LogP contribution in [0.2, 0.25) is 0 Å². The molecule has 0 radical (unpaired) electrons. The van der Waals surface area contributed by atoms with E-state index in [4.69, 9.17) is 4.74 Å². The first kappa shape index (κ1) is 12.9. The standard InChI is InChI=1S/C14H20BrNO/c1-17-14-5-3-2-4-13(14)11-16-8-6-12(10-15)7-9-16/h2-5,12H,6-11H2,1H3. The van der Waals surface area contributed by atoms with Gasteiger partial charge in [0.05, 0.1) is 7.11 Å². The van der Waals surface area contributed by atoms with Crippen LogP contribution in [0.25, 0.3) is 0 Å². The van der Waals surface area contributed by atoms with Crippen molar-refractivity contribution in [3.8, 4) is 5.75 Å². The molecule has 0 saturated carbocycles. The Kier molecular flexibility index (Phi) is 4.86. The first-order chi connectivity index (χ1) is 8.33. The molecule has 0 N–H and O–H groups in total. The number of ether oxygens (including phenoxy) is 1. The van der Waals surface area contributed by atoms with Crippen molar-refractivity contribution in [1.29, 1.82) is 0 Å². The summed E-state index contributed by atoms with van der Waals surface area (Å²) in [6.07, 6.45) is 2.61. The van der Waals surface area contributed by atoms with Crippen LogP contribution in [0.5, 0.6) is 5.75 Å². The van der Waals surface area contributed by atoms with Crippen LogP contribution in [0.4, 0.5) is 0 Å². The molecular formula is C14H20BrNO. The van der Waals surface area contributed by atoms with Gasteiger partial charge in [-0.1, -0.05) is 34.1 Å². The highest BCUT2D eigenvalue weighted by atomic mass is 79.9. The van der Waals surface area contributed by atoms with Crippen molar-refractivity contribution in [3.05, 3.63) is 29.8 Å². The molecule has 1 heterocycles. The van der Waals surface area contributed by atoms with E-state index < -0.39 is 0 Å². The molecule has 1 aromatic rings. The van der Waals surface area contributed by atoms with Gasteiger partial charge in [0.1, 0.15) is 5.75 Å². The van der Waals surface area contributed by atoms with Gasteiger partial charge in [-0.2, -0.15) is 0 Å². The van der Waals surface area contributed by atoms with Gasteiger partial charge in [-0.3, -0.25) is 4.90 Å². The van der Waals surface area contributed by atoms with E-state index in [2.05, 4.69) is 33.0 Å². The van der Waals surface area contributed by atoms with E-state index in [1.165, 1.54) is 31.5 Å². The van der Waals surface area contributed by atoms with E-state index in [1.54, 1.807) is 7.11 Å². The minimum absolute atomic E-state index is 0.865. The second-order valence-corrected chi connectivity index (χ2v) is 5.33. The molecular weight excluding hydrogens is 278 g/mol. The van der Waals surface area contributed by atoms with Crippen LogP contribution in [0.1, 0.15) is 18.4 Å². The Balaban J connectivity index is 1.93. The molecule has 1 saturated heterocycles. The summed E-state index contributed by atoms with van der Waals surface area (Å²) in [5.41, 5.74) is 1.30. The Hall–Kier alpha value is -0.540. The lowest BCUT2D eigenvalue weighted by atomic mass is 9.98. The molecule has 1 aliphatic heterocycles. The predicted molar refractivity (Wildman–Crippen MR) is 74.8 cm³/mol. The zero-order valence-corrected chi connectivity index (χ0v) is 11.9. The Morgan fingerprint density at radius 3 is 2.65 bits per heavy atom. The molecule has 0 aliphatic carbocycles. The van der Waals surface area contributed by atoms with Gasteiger partial charge in [-0.25, -0.2) is 0 Å². The molecule has 0 atom stereocenters. The first-order valence-electron chi connectivity index (χ1n) is 6.23. The lowest BCUT2D eigenvalue weighted by Gasteiger charge is -2.31. The molecule has 1 aromatic carbocycles. The highest BCUT2D eigenvalue weighted by Crippen LogP contribution is 2.24. The number of piperidine rings is 1. The van der Waals surface area contributed by atoms with Gasteiger partial charge in [0, 0.05) is 17.4 Å². The number of hydrogen-bond acceptors (Lipinski definition) is 2. The third-order valence-electron chi connectivity index (χ3n) is 3.51. The van der Waals surface area contributed by atoms with Gasteiger partial charge in [0.25, 0.3) is 0 Å². The molecule has 2 rings (SSSR count). The van der Waals surface area contributed by atoms with Crippen LogP contribution >= 0.6 is 15.9 Å². The molecule has 2 nitrogen and oxygen atoms in total. The summed E-state index contributed by atoms with van der Waals surface area (Å²) < 4.78 is 5.39. The summed E-state index contributed by atoms with van der Waals surface area (Å²) in [5.74, 6) is 1.87. The molecule has 3 heteroatoms. The van der Waals surface area contributed by atoms with Crippen LogP contribution in [-0.2, 0) is 6.54 Å². The average molecular weight is 298 g/mol. The molecule has 1 aliphatic rings. The van der Waals surface area contributed by atoms with E-state index in [0.29, 0.717) is 0 Å². The molecule has 17 heavy (non-hydrogen) atoms. The smallest absolute Gasteiger partial charge is 0.123 e. The lowest BCUT2D eigenvalue weighted by molar-refractivity contribution is 0.186. The Morgan fingerprint density at radius 2 is 2.00 bits per heavy atom. The summed E-state index contributed by atoms with van der Waals surface area (Å²) >= 11 is 3.58. The first-order valence-corrected chi connectivity index (χ1v) is 7.36. The van der Waals surface area contributed by atoms with Crippen LogP contribution in [-0.4, -0.2) is 30.4 Å². The zero-order chi connectivity index (χ0) is 12.1. The maximum absolute atomic E-state index is 5.39. The van der Waals surface area contributed by atoms with Gasteiger partial charge in [0.15, 0.2) is 0 Å². The van der Waals surface area contributed by atoms with E-state index >= 15 is 0 Å². The van der Waals surface area contributed by atoms with Crippen molar-refractivity contribution < 1.29 is 4.74 Å². The largest absolute Gasteiger partial charge is 0.496 e. The number of halogens is 1. The number of rotatable bonds is 4. The van der Waals surface area contributed by atoms with Crippen LogP contribution < -0.4 is 4.74 Å². The summed E-state index contributed by atoms with van der Waals surface area (Å²) in [7, 11) is 1.75. The van der Waals surface area contributed by atoms with E-state index in [-0.39, 0.29) is 0 Å². The summed E-state index contributed by atoms with van der Waals surface area (Å²) in [4.78, 5) is 2.52. The van der Waals surface area contributed by atoms with Gasteiger partial charge in [0.2, 0.25) is 0 Å². The number of hydrogen-bond donors (Lipinski definition) is 0. The van der Waals surface area contributed by atoms with Crippen molar-refractivity contribution in [2.45, 2.75) is 19.4 Å². The second-order valence-electron chi connectivity index (χ2n) is 4.69. The predicted octanol–water partition coefficient (Wildman–Crippen LogP) is 3.30. The third-order valence-corrected chi connectivity index (χ3v) is 4.43. The van der Waals surface area contributed by atoms with Crippen molar-refractivity contribution in [3.63, 3.8) is 0 Å². The number of para-hydroxylation sites is 1. The third kappa shape index (κ3) is 3.46. The highest BCUT2D eigenvalue weighted by molar-refractivity contribution is 9.09. The van der Waals surface area contributed by atoms with E-state index in [1.807, 2.05) is 12.1 Å². The van der Waals surface area contributed by atoms with Crippen LogP contribution in [0.15, 0.2) is 24.3 Å². The molecule has 0 amide bonds. The second kappa shape index (κ2) is 6.41. The van der Waals surface area contributed by atoms with Crippen molar-refractivity contribution in [2.24, 2.45) is 5.92 Å². The van der Waals surface area contributed by atoms with Crippen LogP contribution in [0, 0.1) is 5.92 Å². The summed E-state index contributed by atoms with van der Waals surface area (Å²) in [5, 5.41) is 1.15. The number of nitrogens with zero attached hydrogens (tertiary/aromatic N) is 1. The van der Waals surface area contributed by atoms with Gasteiger partial charge in [-0.05, 0) is 37.9 Å². The Bertz CT molecular complexity index is 348. The average Bonchev–Trinajstić information content (AvgIpc) is 2.40. The number of likely N-dealkylation sites (tertiary alicyclic amines) is 1. The molecule has 1 fully saturated rings. The topological polar surface area (TPSA) is 12.5 Å². The Labute approximate surface area is 112 Å². The van der Waals surface area contributed by atoms with Crippen molar-refractivity contribution in [2.75, 3.05) is 25.5 Å². The molecule has 94 valence electrons. The molecule has 0 aromatic heterocycles. The number of benzene rings is 1. The van der Waals surface area contributed by atoms with E-state index in [9.17, 15) is 0 Å². The van der Waals surface area contributed by atoms with Gasteiger partial charge < -0.3 is 4.74 Å². The van der Waals surface area contributed by atoms with Gasteiger partial charge in [-0.15, -0.1) is 0 Å². The minimum Gasteiger partial charge on any atom is -0.496 e. The SMILES string of the molecule is COc1ccccc1CN1CCC(CBr)CC1. The number of alkyl halides is 1. The van der Waals surface area contributed by atoms with Crippen molar-refractivity contribution in [1.82, 2.24) is 4.90 Å². The molecule has 0 bridgehead atoms. The number of methoxy groups -OCH3 is 1. The van der Waals surface area contributed by atoms with Gasteiger partial charge >= 0.3 is 0 Å². The highest BCUT2D eigenvalue weighted by Gasteiger charge is 2.18. The summed E-state index contributed by atoms with van der Waals surface area (Å²) in [6.45, 7) is 3.42. The summed E-state index contributed by atoms with van der Waals surface area (Å²) in [6, 6.07) is 8.32. The Morgan fingerprint density at radius 1 is 1.29 bits per heavy atom. The lowest BCUT2D eigenvalue weighted by Crippen LogP contribution is -2.33.